The molecule has 2 aromatic heterocycles. The number of para-hydroxylation sites is 6. The van der Waals surface area contributed by atoms with Gasteiger partial charge in [0.15, 0.2) is 11.2 Å². The van der Waals surface area contributed by atoms with Crippen LogP contribution in [0.4, 0.5) is 34.1 Å². The lowest BCUT2D eigenvalue weighted by Crippen LogP contribution is -2.13. The molecule has 0 aliphatic rings. The fraction of sp³-hybridized carbons (Fsp3) is 0.103. The fourth-order valence-corrected chi connectivity index (χ4v) is 10.1. The van der Waals surface area contributed by atoms with E-state index in [1.165, 1.54) is 43.4 Å². The number of hydrogen-bond acceptors (Lipinski definition) is 4. The maximum absolute atomic E-state index is 6.78. The normalized spacial score (nSPS) is 12.2. The van der Waals surface area contributed by atoms with Gasteiger partial charge in [-0.2, -0.15) is 0 Å². The first-order valence-corrected chi connectivity index (χ1v) is 21.7. The molecular formula is C58H44N2O2. The van der Waals surface area contributed by atoms with Crippen molar-refractivity contribution in [1.82, 2.24) is 0 Å². The summed E-state index contributed by atoms with van der Waals surface area (Å²) in [5.74, 6) is 0.535. The van der Waals surface area contributed by atoms with Crippen LogP contribution in [0.25, 0.3) is 76.2 Å². The van der Waals surface area contributed by atoms with Crippen LogP contribution in [0.1, 0.15) is 50.7 Å². The highest BCUT2D eigenvalue weighted by molar-refractivity contribution is 6.30. The minimum Gasteiger partial charge on any atom is -0.454 e. The van der Waals surface area contributed by atoms with E-state index >= 15 is 0 Å². The number of nitrogens with zero attached hydrogens (tertiary/aromatic N) is 2. The van der Waals surface area contributed by atoms with Crippen molar-refractivity contribution in [3.8, 4) is 0 Å². The van der Waals surface area contributed by atoms with Crippen molar-refractivity contribution < 1.29 is 8.83 Å². The topological polar surface area (TPSA) is 32.8 Å². The number of anilines is 6. The summed E-state index contributed by atoms with van der Waals surface area (Å²) in [4.78, 5) is 4.85. The van der Waals surface area contributed by atoms with E-state index in [2.05, 4.69) is 207 Å². The van der Waals surface area contributed by atoms with Gasteiger partial charge in [-0.15, -0.1) is 0 Å². The van der Waals surface area contributed by atoms with E-state index in [-0.39, 0.29) is 5.92 Å². The van der Waals surface area contributed by atoms with Crippen LogP contribution in [0.2, 0.25) is 0 Å². The van der Waals surface area contributed by atoms with Gasteiger partial charge in [0.2, 0.25) is 0 Å². The molecule has 62 heavy (non-hydrogen) atoms. The monoisotopic (exact) mass is 800 g/mol. The van der Waals surface area contributed by atoms with Gasteiger partial charge in [-0.3, -0.25) is 0 Å². The van der Waals surface area contributed by atoms with Crippen molar-refractivity contribution in [3.63, 3.8) is 0 Å². The SMILES string of the molecule is CC(C)c1ccc2c(N(c3ccccc3)c3cccc4c3oc3ccccc34)cc3c(C(C)C)cc(N(c4ccccc4)c4cccc5c4oc4ccccc45)c4ccc1c2c34. The quantitative estimate of drug-likeness (QED) is 0.143. The summed E-state index contributed by atoms with van der Waals surface area (Å²) in [6, 6.07) is 65.7. The predicted molar refractivity (Wildman–Crippen MR) is 262 cm³/mol. The molecule has 0 N–H and O–H groups in total. The average Bonchev–Trinajstić information content (AvgIpc) is 3.89. The molecule has 0 radical (unpaired) electrons. The molecule has 0 saturated carbocycles. The summed E-state index contributed by atoms with van der Waals surface area (Å²) in [5, 5.41) is 11.9. The third-order valence-corrected chi connectivity index (χ3v) is 12.9. The smallest absolute Gasteiger partial charge is 0.159 e. The van der Waals surface area contributed by atoms with Gasteiger partial charge < -0.3 is 18.6 Å². The van der Waals surface area contributed by atoms with Crippen LogP contribution in [0, 0.1) is 0 Å². The molecule has 12 aromatic rings. The Morgan fingerprint density at radius 1 is 0.323 bits per heavy atom. The first kappa shape index (κ1) is 36.3. The molecule has 2 heterocycles. The van der Waals surface area contributed by atoms with Crippen molar-refractivity contribution in [2.24, 2.45) is 0 Å². The zero-order valence-corrected chi connectivity index (χ0v) is 35.2. The minimum atomic E-state index is 0.208. The number of rotatable bonds is 8. The number of hydrogen-bond donors (Lipinski definition) is 0. The second-order valence-corrected chi connectivity index (χ2v) is 17.2. The maximum Gasteiger partial charge on any atom is 0.159 e. The Morgan fingerprint density at radius 3 is 1.29 bits per heavy atom. The van der Waals surface area contributed by atoms with Crippen molar-refractivity contribution in [2.45, 2.75) is 39.5 Å². The Kier molecular flexibility index (Phi) is 8.20. The first-order chi connectivity index (χ1) is 30.4. The van der Waals surface area contributed by atoms with Gasteiger partial charge in [0.05, 0.1) is 22.7 Å². The second kappa shape index (κ2) is 14.0. The van der Waals surface area contributed by atoms with Crippen LogP contribution in [-0.4, -0.2) is 0 Å². The Morgan fingerprint density at radius 2 is 0.758 bits per heavy atom. The van der Waals surface area contributed by atoms with Crippen LogP contribution < -0.4 is 9.80 Å². The molecule has 0 saturated heterocycles. The highest BCUT2D eigenvalue weighted by atomic mass is 16.3. The number of benzene rings is 10. The minimum absolute atomic E-state index is 0.208. The first-order valence-electron chi connectivity index (χ1n) is 21.7. The average molecular weight is 801 g/mol. The fourth-order valence-electron chi connectivity index (χ4n) is 10.1. The number of fused-ring (bicyclic) bond motifs is 6. The molecule has 0 aliphatic heterocycles. The van der Waals surface area contributed by atoms with Crippen molar-refractivity contribution in [3.05, 3.63) is 193 Å². The summed E-state index contributed by atoms with van der Waals surface area (Å²) in [5.41, 5.74) is 12.5. The lowest BCUT2D eigenvalue weighted by Gasteiger charge is -2.32. The Bertz CT molecular complexity index is 3650. The van der Waals surface area contributed by atoms with E-state index in [1.54, 1.807) is 0 Å². The molecule has 10 aromatic carbocycles. The summed E-state index contributed by atoms with van der Waals surface area (Å²) < 4.78 is 13.6. The van der Waals surface area contributed by atoms with Crippen LogP contribution in [0.3, 0.4) is 0 Å². The molecule has 298 valence electrons. The molecule has 4 heteroatoms. The van der Waals surface area contributed by atoms with E-state index in [1.807, 2.05) is 12.1 Å². The molecule has 0 bridgehead atoms. The summed E-state index contributed by atoms with van der Waals surface area (Å²) in [6.07, 6.45) is 0. The highest BCUT2D eigenvalue weighted by Crippen LogP contribution is 2.53. The third kappa shape index (κ3) is 5.39. The van der Waals surface area contributed by atoms with Crippen molar-refractivity contribution in [1.29, 1.82) is 0 Å². The molecular weight excluding hydrogens is 757 g/mol. The van der Waals surface area contributed by atoms with Gasteiger partial charge in [-0.25, -0.2) is 0 Å². The molecule has 0 aliphatic carbocycles. The summed E-state index contributed by atoms with van der Waals surface area (Å²) in [6.45, 7) is 9.27. The molecule has 0 atom stereocenters. The molecule has 0 amide bonds. The van der Waals surface area contributed by atoms with E-state index in [4.69, 9.17) is 8.83 Å². The van der Waals surface area contributed by atoms with Gasteiger partial charge in [-0.05, 0) is 105 Å². The zero-order valence-electron chi connectivity index (χ0n) is 35.2. The largest absolute Gasteiger partial charge is 0.454 e. The Hall–Kier alpha value is -7.56. The molecule has 0 unspecified atom stereocenters. The van der Waals surface area contributed by atoms with Gasteiger partial charge in [0.1, 0.15) is 11.2 Å². The van der Waals surface area contributed by atoms with Crippen molar-refractivity contribution >= 4 is 110 Å². The third-order valence-electron chi connectivity index (χ3n) is 12.9. The number of furan rings is 2. The lowest BCUT2D eigenvalue weighted by molar-refractivity contribution is 0.668. The van der Waals surface area contributed by atoms with Crippen LogP contribution >= 0.6 is 0 Å². The van der Waals surface area contributed by atoms with Gasteiger partial charge >= 0.3 is 0 Å². The van der Waals surface area contributed by atoms with Crippen LogP contribution in [0.5, 0.6) is 0 Å². The van der Waals surface area contributed by atoms with Crippen LogP contribution in [-0.2, 0) is 0 Å². The molecule has 4 nitrogen and oxygen atoms in total. The van der Waals surface area contributed by atoms with Gasteiger partial charge in [0, 0.05) is 43.7 Å². The second-order valence-electron chi connectivity index (χ2n) is 17.2. The lowest BCUT2D eigenvalue weighted by atomic mass is 9.84. The zero-order chi connectivity index (χ0) is 41.6. The summed E-state index contributed by atoms with van der Waals surface area (Å²) >= 11 is 0. The molecule has 12 rings (SSSR count). The van der Waals surface area contributed by atoms with Gasteiger partial charge in [0.25, 0.3) is 0 Å². The Labute approximate surface area is 360 Å². The van der Waals surface area contributed by atoms with Gasteiger partial charge in [-0.1, -0.05) is 149 Å². The predicted octanol–water partition coefficient (Wildman–Crippen LogP) is 17.6. The molecule has 0 fully saturated rings. The van der Waals surface area contributed by atoms with E-state index < -0.39 is 0 Å². The van der Waals surface area contributed by atoms with E-state index in [0.29, 0.717) is 5.92 Å². The maximum atomic E-state index is 6.78. The Balaban J connectivity index is 1.22. The molecule has 0 spiro atoms. The van der Waals surface area contributed by atoms with E-state index in [0.717, 1.165) is 78.0 Å². The van der Waals surface area contributed by atoms with Crippen molar-refractivity contribution in [2.75, 3.05) is 9.80 Å². The standard InChI is InChI=1S/C58H44N2O2/c1-35(2)39-29-31-45-52(60(38-19-9-6-10-20-38)50-26-16-24-44-41-22-12-14-28-54(41)62-58(44)50)34-48-47(36(3)4)33-51(46-32-30-42(39)55(45)56(46)48)59(37-17-7-5-8-18-37)49-25-15-23-43-40-21-11-13-27-53(40)61-57(43)49/h5-36H,1-4H3. The highest BCUT2D eigenvalue weighted by Gasteiger charge is 2.28. The van der Waals surface area contributed by atoms with E-state index in [9.17, 15) is 0 Å². The van der Waals surface area contributed by atoms with Crippen LogP contribution in [0.15, 0.2) is 191 Å². The summed E-state index contributed by atoms with van der Waals surface area (Å²) in [7, 11) is 0.